The number of aryl methyl sites for hydroxylation is 1. The summed E-state index contributed by atoms with van der Waals surface area (Å²) in [5.41, 5.74) is 4.21. The van der Waals surface area contributed by atoms with E-state index in [-0.39, 0.29) is 0 Å². The fourth-order valence-electron chi connectivity index (χ4n) is 3.38. The van der Waals surface area contributed by atoms with Gasteiger partial charge in [-0.15, -0.1) is 0 Å². The van der Waals surface area contributed by atoms with Crippen LogP contribution in [0.15, 0.2) is 0 Å². The van der Waals surface area contributed by atoms with Gasteiger partial charge in [0, 0.05) is 17.8 Å². The van der Waals surface area contributed by atoms with Crippen molar-refractivity contribution in [3.63, 3.8) is 0 Å². The Hall–Kier alpha value is -0.830. The van der Waals surface area contributed by atoms with Gasteiger partial charge in [-0.25, -0.2) is 0 Å². The highest BCUT2D eigenvalue weighted by Crippen LogP contribution is 2.33. The minimum absolute atomic E-state index is 0.641. The van der Waals surface area contributed by atoms with Crippen molar-refractivity contribution in [2.24, 2.45) is 5.92 Å². The molecule has 1 aromatic heterocycles. The van der Waals surface area contributed by atoms with Gasteiger partial charge in [-0.2, -0.15) is 5.10 Å². The first-order chi connectivity index (χ1) is 9.21. The Kier molecular flexibility index (Phi) is 5.03. The zero-order valence-corrected chi connectivity index (χ0v) is 13.0. The van der Waals surface area contributed by atoms with E-state index in [0.29, 0.717) is 6.04 Å². The second-order valence-corrected chi connectivity index (χ2v) is 5.97. The van der Waals surface area contributed by atoms with Crippen LogP contribution < -0.4 is 5.32 Å². The molecule has 0 radical (unpaired) electrons. The lowest BCUT2D eigenvalue weighted by Gasteiger charge is -2.27. The summed E-state index contributed by atoms with van der Waals surface area (Å²) in [6, 6.07) is 0.641. The summed E-state index contributed by atoms with van der Waals surface area (Å²) in [6.07, 6.45) is 7.46. The van der Waals surface area contributed by atoms with Crippen molar-refractivity contribution in [1.82, 2.24) is 15.1 Å². The fourth-order valence-corrected chi connectivity index (χ4v) is 3.38. The predicted octanol–water partition coefficient (Wildman–Crippen LogP) is 3.48. The lowest BCUT2D eigenvalue weighted by Crippen LogP contribution is -2.20. The van der Waals surface area contributed by atoms with E-state index >= 15 is 0 Å². The Balaban J connectivity index is 2.28. The van der Waals surface area contributed by atoms with Gasteiger partial charge in [0.15, 0.2) is 0 Å². The number of nitrogens with one attached hydrogen (secondary N) is 1. The summed E-state index contributed by atoms with van der Waals surface area (Å²) < 4.78 is 2.37. The Morgan fingerprint density at radius 2 is 1.84 bits per heavy atom. The van der Waals surface area contributed by atoms with Gasteiger partial charge in [0.2, 0.25) is 0 Å². The molecule has 0 spiro atoms. The molecular weight excluding hydrogens is 234 g/mol. The third-order valence-corrected chi connectivity index (χ3v) is 4.56. The van der Waals surface area contributed by atoms with Crippen LogP contribution >= 0.6 is 0 Å². The van der Waals surface area contributed by atoms with Crippen molar-refractivity contribution in [3.8, 4) is 0 Å². The molecule has 0 aromatic carbocycles. The molecule has 0 unspecified atom stereocenters. The Labute approximate surface area is 117 Å². The average molecular weight is 263 g/mol. The standard InChI is InChI=1S/C16H29N3/c1-5-15-14(11-17-4)16(6-2)19(18-15)13-9-7-12(3)8-10-13/h12-13,17H,5-11H2,1-4H3. The lowest BCUT2D eigenvalue weighted by atomic mass is 9.87. The summed E-state index contributed by atoms with van der Waals surface area (Å²) in [5, 5.41) is 8.25. The van der Waals surface area contributed by atoms with Crippen LogP contribution in [0.1, 0.15) is 69.4 Å². The van der Waals surface area contributed by atoms with Gasteiger partial charge in [-0.1, -0.05) is 20.8 Å². The molecule has 1 aliphatic rings. The van der Waals surface area contributed by atoms with E-state index in [2.05, 4.69) is 30.8 Å². The monoisotopic (exact) mass is 263 g/mol. The first kappa shape index (κ1) is 14.6. The molecule has 0 amide bonds. The molecule has 3 nitrogen and oxygen atoms in total. The Morgan fingerprint density at radius 1 is 1.16 bits per heavy atom. The topological polar surface area (TPSA) is 29.9 Å². The van der Waals surface area contributed by atoms with Crippen molar-refractivity contribution < 1.29 is 0 Å². The lowest BCUT2D eigenvalue weighted by molar-refractivity contribution is 0.268. The molecule has 0 bridgehead atoms. The van der Waals surface area contributed by atoms with Crippen LogP contribution in [0.25, 0.3) is 0 Å². The highest BCUT2D eigenvalue weighted by atomic mass is 15.3. The third kappa shape index (κ3) is 3.02. The Morgan fingerprint density at radius 3 is 2.37 bits per heavy atom. The largest absolute Gasteiger partial charge is 0.316 e. The van der Waals surface area contributed by atoms with E-state index in [1.807, 2.05) is 7.05 Å². The van der Waals surface area contributed by atoms with E-state index in [0.717, 1.165) is 25.3 Å². The fraction of sp³-hybridized carbons (Fsp3) is 0.812. The van der Waals surface area contributed by atoms with Crippen LogP contribution in [0.2, 0.25) is 0 Å². The molecule has 1 N–H and O–H groups in total. The van der Waals surface area contributed by atoms with Gasteiger partial charge in [0.05, 0.1) is 11.7 Å². The molecule has 19 heavy (non-hydrogen) atoms. The molecule has 1 saturated carbocycles. The molecule has 1 aromatic rings. The SMILES string of the molecule is CCc1nn(C2CCC(C)CC2)c(CC)c1CNC. The van der Waals surface area contributed by atoms with Crippen LogP contribution in [0.3, 0.4) is 0 Å². The minimum Gasteiger partial charge on any atom is -0.316 e. The molecule has 108 valence electrons. The summed E-state index contributed by atoms with van der Waals surface area (Å²) in [6.45, 7) is 7.81. The first-order valence-corrected chi connectivity index (χ1v) is 7.94. The maximum Gasteiger partial charge on any atom is 0.0669 e. The highest BCUT2D eigenvalue weighted by molar-refractivity contribution is 5.27. The molecule has 1 aliphatic carbocycles. The van der Waals surface area contributed by atoms with Crippen molar-refractivity contribution >= 4 is 0 Å². The molecule has 3 heteroatoms. The van der Waals surface area contributed by atoms with Crippen LogP contribution in [0.5, 0.6) is 0 Å². The quantitative estimate of drug-likeness (QED) is 0.881. The predicted molar refractivity (Wildman–Crippen MR) is 80.4 cm³/mol. The van der Waals surface area contributed by atoms with E-state index < -0.39 is 0 Å². The summed E-state index contributed by atoms with van der Waals surface area (Å²) in [5.74, 6) is 0.902. The van der Waals surface area contributed by atoms with Gasteiger partial charge in [-0.05, 0) is 51.5 Å². The minimum atomic E-state index is 0.641. The van der Waals surface area contributed by atoms with Crippen molar-refractivity contribution in [3.05, 3.63) is 17.0 Å². The molecule has 1 heterocycles. The van der Waals surface area contributed by atoms with Gasteiger partial charge in [0.25, 0.3) is 0 Å². The Bertz CT molecular complexity index is 400. The molecule has 1 fully saturated rings. The maximum absolute atomic E-state index is 4.94. The van der Waals surface area contributed by atoms with Crippen LogP contribution in [0, 0.1) is 5.92 Å². The second-order valence-electron chi connectivity index (χ2n) is 5.97. The molecular formula is C16H29N3. The van der Waals surface area contributed by atoms with Crippen LogP contribution in [-0.2, 0) is 19.4 Å². The molecule has 0 saturated heterocycles. The normalized spacial score (nSPS) is 23.8. The summed E-state index contributed by atoms with van der Waals surface area (Å²) >= 11 is 0. The van der Waals surface area contributed by atoms with Gasteiger partial charge >= 0.3 is 0 Å². The third-order valence-electron chi connectivity index (χ3n) is 4.56. The van der Waals surface area contributed by atoms with Crippen molar-refractivity contribution in [2.75, 3.05) is 7.05 Å². The van der Waals surface area contributed by atoms with Gasteiger partial charge in [-0.3, -0.25) is 4.68 Å². The molecule has 2 rings (SSSR count). The highest BCUT2D eigenvalue weighted by Gasteiger charge is 2.24. The summed E-state index contributed by atoms with van der Waals surface area (Å²) in [4.78, 5) is 0. The van der Waals surface area contributed by atoms with Crippen molar-refractivity contribution in [1.29, 1.82) is 0 Å². The van der Waals surface area contributed by atoms with E-state index in [4.69, 9.17) is 5.10 Å². The van der Waals surface area contributed by atoms with E-state index in [1.54, 1.807) is 0 Å². The van der Waals surface area contributed by atoms with Gasteiger partial charge < -0.3 is 5.32 Å². The number of aromatic nitrogens is 2. The zero-order chi connectivity index (χ0) is 13.8. The number of nitrogens with zero attached hydrogens (tertiary/aromatic N) is 2. The number of rotatable bonds is 5. The smallest absolute Gasteiger partial charge is 0.0669 e. The number of hydrogen-bond acceptors (Lipinski definition) is 2. The second kappa shape index (κ2) is 6.56. The zero-order valence-electron chi connectivity index (χ0n) is 13.0. The summed E-state index contributed by atoms with van der Waals surface area (Å²) in [7, 11) is 2.03. The van der Waals surface area contributed by atoms with Crippen LogP contribution in [-0.4, -0.2) is 16.8 Å². The average Bonchev–Trinajstić information content (AvgIpc) is 2.78. The van der Waals surface area contributed by atoms with Crippen molar-refractivity contribution in [2.45, 2.75) is 71.9 Å². The van der Waals surface area contributed by atoms with Crippen LogP contribution in [0.4, 0.5) is 0 Å². The molecule has 0 aliphatic heterocycles. The first-order valence-electron chi connectivity index (χ1n) is 7.94. The van der Waals surface area contributed by atoms with Gasteiger partial charge in [0.1, 0.15) is 0 Å². The van der Waals surface area contributed by atoms with E-state index in [1.165, 1.54) is 42.6 Å². The van der Waals surface area contributed by atoms with E-state index in [9.17, 15) is 0 Å². The molecule has 0 atom stereocenters. The number of hydrogen-bond donors (Lipinski definition) is 1. The maximum atomic E-state index is 4.94.